The molecule has 0 fully saturated rings. The summed E-state index contributed by atoms with van der Waals surface area (Å²) < 4.78 is 37.1. The van der Waals surface area contributed by atoms with Crippen LogP contribution >= 0.6 is 15.9 Å². The van der Waals surface area contributed by atoms with Gasteiger partial charge in [-0.25, -0.2) is 9.97 Å². The molecule has 1 rings (SSSR count). The predicted molar refractivity (Wildman–Crippen MR) is 58.3 cm³/mol. The van der Waals surface area contributed by atoms with Gasteiger partial charge in [-0.05, 0) is 12.0 Å². The Kier molecular flexibility index (Phi) is 4.29. The highest BCUT2D eigenvalue weighted by atomic mass is 79.9. The lowest BCUT2D eigenvalue weighted by Gasteiger charge is -2.13. The van der Waals surface area contributed by atoms with Crippen LogP contribution in [0, 0.1) is 5.92 Å². The maximum Gasteiger partial charge on any atom is 0.433 e. The molecule has 0 aromatic carbocycles. The number of aromatic nitrogens is 2. The Morgan fingerprint density at radius 3 is 2.50 bits per heavy atom. The van der Waals surface area contributed by atoms with Crippen molar-refractivity contribution >= 4 is 15.9 Å². The Morgan fingerprint density at radius 2 is 2.00 bits per heavy atom. The van der Waals surface area contributed by atoms with Gasteiger partial charge in [0.1, 0.15) is 11.5 Å². The highest BCUT2D eigenvalue weighted by Crippen LogP contribution is 2.27. The normalized spacial score (nSPS) is 14.2. The van der Waals surface area contributed by atoms with Crippen LogP contribution in [-0.4, -0.2) is 14.8 Å². The van der Waals surface area contributed by atoms with Crippen molar-refractivity contribution in [2.45, 2.75) is 31.3 Å². The minimum absolute atomic E-state index is 0.0796. The Labute approximate surface area is 100 Å². The minimum atomic E-state index is -4.41. The van der Waals surface area contributed by atoms with E-state index in [1.807, 2.05) is 13.8 Å². The van der Waals surface area contributed by atoms with Gasteiger partial charge in [-0.1, -0.05) is 29.8 Å². The molecule has 0 N–H and O–H groups in total. The summed E-state index contributed by atoms with van der Waals surface area (Å²) in [5.41, 5.74) is -0.888. The van der Waals surface area contributed by atoms with Gasteiger partial charge in [-0.3, -0.25) is 0 Å². The Bertz CT molecular complexity index is 352. The molecule has 0 radical (unpaired) electrons. The van der Waals surface area contributed by atoms with Crippen LogP contribution in [0.2, 0.25) is 0 Å². The highest BCUT2D eigenvalue weighted by molar-refractivity contribution is 9.09. The number of nitrogens with zero attached hydrogens (tertiary/aromatic N) is 2. The third-order valence-corrected chi connectivity index (χ3v) is 3.48. The topological polar surface area (TPSA) is 25.8 Å². The minimum Gasteiger partial charge on any atom is -0.241 e. The van der Waals surface area contributed by atoms with E-state index in [4.69, 9.17) is 0 Å². The van der Waals surface area contributed by atoms with Gasteiger partial charge >= 0.3 is 6.18 Å². The third kappa shape index (κ3) is 3.73. The van der Waals surface area contributed by atoms with Crippen molar-refractivity contribution in [2.75, 3.05) is 0 Å². The first-order valence-electron chi connectivity index (χ1n) is 4.84. The van der Waals surface area contributed by atoms with Crippen LogP contribution in [0.3, 0.4) is 0 Å². The summed E-state index contributed by atoms with van der Waals surface area (Å²) >= 11 is 3.39. The van der Waals surface area contributed by atoms with E-state index in [1.54, 1.807) is 0 Å². The average Bonchev–Trinajstić information content (AvgIpc) is 2.16. The molecule has 16 heavy (non-hydrogen) atoms. The molecule has 0 amide bonds. The zero-order chi connectivity index (χ0) is 12.3. The first-order valence-corrected chi connectivity index (χ1v) is 5.75. The van der Waals surface area contributed by atoms with Gasteiger partial charge in [0.25, 0.3) is 0 Å². The van der Waals surface area contributed by atoms with E-state index in [9.17, 15) is 13.2 Å². The number of alkyl halides is 4. The molecule has 0 bridgehead atoms. The number of halogens is 4. The van der Waals surface area contributed by atoms with Crippen LogP contribution in [0.25, 0.3) is 0 Å². The lowest BCUT2D eigenvalue weighted by molar-refractivity contribution is -0.141. The lowest BCUT2D eigenvalue weighted by atomic mass is 10.1. The SMILES string of the molecule is CC(C)C(Br)Cc1nccc(C(F)(F)F)n1. The summed E-state index contributed by atoms with van der Waals surface area (Å²) in [6, 6.07) is 0.877. The first-order chi connectivity index (χ1) is 7.30. The van der Waals surface area contributed by atoms with Gasteiger partial charge < -0.3 is 0 Å². The van der Waals surface area contributed by atoms with Crippen molar-refractivity contribution in [3.63, 3.8) is 0 Å². The maximum absolute atomic E-state index is 12.4. The number of hydrogen-bond donors (Lipinski definition) is 0. The van der Waals surface area contributed by atoms with Gasteiger partial charge in [-0.15, -0.1) is 0 Å². The number of hydrogen-bond acceptors (Lipinski definition) is 2. The zero-order valence-electron chi connectivity index (χ0n) is 8.92. The fourth-order valence-corrected chi connectivity index (χ4v) is 1.35. The van der Waals surface area contributed by atoms with Gasteiger partial charge in [0, 0.05) is 17.4 Å². The molecule has 1 unspecified atom stereocenters. The van der Waals surface area contributed by atoms with Crippen LogP contribution in [0.1, 0.15) is 25.4 Å². The molecular formula is C10H12BrF3N2. The van der Waals surface area contributed by atoms with Crippen molar-refractivity contribution in [2.24, 2.45) is 5.92 Å². The van der Waals surface area contributed by atoms with Gasteiger partial charge in [0.15, 0.2) is 0 Å². The maximum atomic E-state index is 12.4. The zero-order valence-corrected chi connectivity index (χ0v) is 10.5. The monoisotopic (exact) mass is 296 g/mol. The molecule has 1 atom stereocenters. The van der Waals surface area contributed by atoms with E-state index in [0.29, 0.717) is 12.3 Å². The molecular weight excluding hydrogens is 285 g/mol. The van der Waals surface area contributed by atoms with E-state index >= 15 is 0 Å². The Hall–Kier alpha value is -0.650. The van der Waals surface area contributed by atoms with Crippen molar-refractivity contribution in [1.29, 1.82) is 0 Å². The third-order valence-electron chi connectivity index (χ3n) is 2.10. The fraction of sp³-hybridized carbons (Fsp3) is 0.600. The largest absolute Gasteiger partial charge is 0.433 e. The fourth-order valence-electron chi connectivity index (χ4n) is 1.07. The summed E-state index contributed by atoms with van der Waals surface area (Å²) in [5, 5.41) is 0. The van der Waals surface area contributed by atoms with E-state index in [2.05, 4.69) is 25.9 Å². The van der Waals surface area contributed by atoms with Crippen molar-refractivity contribution in [3.8, 4) is 0 Å². The van der Waals surface area contributed by atoms with Crippen LogP contribution in [0.4, 0.5) is 13.2 Å². The van der Waals surface area contributed by atoms with Crippen LogP contribution in [0.15, 0.2) is 12.3 Å². The standard InChI is InChI=1S/C10H12BrF3N2/c1-6(2)7(11)5-9-15-4-3-8(16-9)10(12,13)14/h3-4,6-7H,5H2,1-2H3. The molecule has 0 spiro atoms. The molecule has 0 aliphatic rings. The molecule has 1 aromatic rings. The average molecular weight is 297 g/mol. The van der Waals surface area contributed by atoms with Crippen LogP contribution < -0.4 is 0 Å². The van der Waals surface area contributed by atoms with E-state index in [1.165, 1.54) is 0 Å². The van der Waals surface area contributed by atoms with Gasteiger partial charge in [0.05, 0.1) is 0 Å². The summed E-state index contributed by atoms with van der Waals surface area (Å²) in [6.45, 7) is 3.96. The first kappa shape index (κ1) is 13.4. The van der Waals surface area contributed by atoms with Gasteiger partial charge in [0.2, 0.25) is 0 Å². The van der Waals surface area contributed by atoms with Crippen molar-refractivity contribution in [3.05, 3.63) is 23.8 Å². The summed E-state index contributed by atoms with van der Waals surface area (Å²) in [7, 11) is 0. The van der Waals surface area contributed by atoms with E-state index in [0.717, 1.165) is 12.3 Å². The molecule has 0 aliphatic carbocycles. The quantitative estimate of drug-likeness (QED) is 0.799. The molecule has 1 heterocycles. The second-order valence-corrected chi connectivity index (χ2v) is 5.00. The highest BCUT2D eigenvalue weighted by Gasteiger charge is 2.32. The van der Waals surface area contributed by atoms with Crippen LogP contribution in [-0.2, 0) is 12.6 Å². The summed E-state index contributed by atoms with van der Waals surface area (Å²) in [5.74, 6) is 0.531. The smallest absolute Gasteiger partial charge is 0.241 e. The summed E-state index contributed by atoms with van der Waals surface area (Å²) in [4.78, 5) is 7.41. The van der Waals surface area contributed by atoms with Gasteiger partial charge in [-0.2, -0.15) is 13.2 Å². The van der Waals surface area contributed by atoms with Crippen molar-refractivity contribution in [1.82, 2.24) is 9.97 Å². The molecule has 0 saturated carbocycles. The van der Waals surface area contributed by atoms with Crippen LogP contribution in [0.5, 0.6) is 0 Å². The molecule has 0 saturated heterocycles. The second kappa shape index (κ2) is 5.12. The molecule has 90 valence electrons. The van der Waals surface area contributed by atoms with E-state index in [-0.39, 0.29) is 10.7 Å². The van der Waals surface area contributed by atoms with Crippen molar-refractivity contribution < 1.29 is 13.2 Å². The predicted octanol–water partition coefficient (Wildman–Crippen LogP) is 3.46. The Morgan fingerprint density at radius 1 is 1.38 bits per heavy atom. The van der Waals surface area contributed by atoms with E-state index < -0.39 is 11.9 Å². The summed E-state index contributed by atoms with van der Waals surface area (Å²) in [6.07, 6.45) is -2.87. The molecule has 0 aliphatic heterocycles. The molecule has 6 heteroatoms. The number of rotatable bonds is 3. The molecule has 2 nitrogen and oxygen atoms in total. The Balaban J connectivity index is 2.83. The molecule has 1 aromatic heterocycles. The second-order valence-electron chi connectivity index (χ2n) is 3.82. The lowest BCUT2D eigenvalue weighted by Crippen LogP contribution is -2.15.